The Hall–Kier alpha value is -1.91. The number of amides is 2. The van der Waals surface area contributed by atoms with E-state index in [2.05, 4.69) is 10.3 Å². The lowest BCUT2D eigenvalue weighted by Crippen LogP contribution is -2.19. The number of nitrogens with one attached hydrogen (secondary N) is 1. The van der Waals surface area contributed by atoms with E-state index >= 15 is 0 Å². The van der Waals surface area contributed by atoms with Crippen molar-refractivity contribution < 1.29 is 9.59 Å². The fourth-order valence-electron chi connectivity index (χ4n) is 1.14. The molecule has 0 radical (unpaired) electrons. The monoisotopic (exact) mass is 207 g/mol. The van der Waals surface area contributed by atoms with Crippen LogP contribution in [0.25, 0.3) is 0 Å². The van der Waals surface area contributed by atoms with E-state index in [9.17, 15) is 9.59 Å². The van der Waals surface area contributed by atoms with Gasteiger partial charge in [0.1, 0.15) is 0 Å². The lowest BCUT2D eigenvalue weighted by Gasteiger charge is -2.06. The first-order valence-electron chi connectivity index (χ1n) is 4.69. The Bertz CT molecular complexity index is 377. The van der Waals surface area contributed by atoms with Gasteiger partial charge in [0, 0.05) is 12.6 Å². The van der Waals surface area contributed by atoms with Crippen molar-refractivity contribution in [3.63, 3.8) is 0 Å². The van der Waals surface area contributed by atoms with E-state index < -0.39 is 5.91 Å². The smallest absolute Gasteiger partial charge is 0.269 e. The minimum absolute atomic E-state index is 0.0851. The number of aromatic nitrogens is 1. The van der Waals surface area contributed by atoms with Crippen molar-refractivity contribution in [2.45, 2.75) is 19.8 Å². The van der Waals surface area contributed by atoms with E-state index in [1.54, 1.807) is 12.1 Å². The van der Waals surface area contributed by atoms with Gasteiger partial charge in [-0.05, 0) is 18.6 Å². The largest absolute Gasteiger partial charge is 0.364 e. The van der Waals surface area contributed by atoms with E-state index in [1.807, 2.05) is 6.92 Å². The highest BCUT2D eigenvalue weighted by atomic mass is 16.2. The standard InChI is InChI=1S/C10H13N3O2/c1-2-4-8(14)13-7-5-3-6-12-9(7)10(11)15/h3,5-6H,2,4H2,1H3,(H2,11,15)(H,13,14). The summed E-state index contributed by atoms with van der Waals surface area (Å²) in [5, 5.41) is 2.59. The number of carbonyl (C=O) groups is 2. The van der Waals surface area contributed by atoms with E-state index in [0.29, 0.717) is 12.1 Å². The highest BCUT2D eigenvalue weighted by Crippen LogP contribution is 2.11. The summed E-state index contributed by atoms with van der Waals surface area (Å²) in [5.74, 6) is -0.796. The zero-order valence-electron chi connectivity index (χ0n) is 8.49. The minimum atomic E-state index is -0.651. The van der Waals surface area contributed by atoms with Gasteiger partial charge >= 0.3 is 0 Å². The summed E-state index contributed by atoms with van der Waals surface area (Å²) < 4.78 is 0. The zero-order valence-corrected chi connectivity index (χ0v) is 8.49. The molecule has 1 rings (SSSR count). The molecule has 1 aromatic rings. The van der Waals surface area contributed by atoms with E-state index in [1.165, 1.54) is 6.20 Å². The molecule has 0 saturated carbocycles. The molecule has 0 aliphatic carbocycles. The molecule has 3 N–H and O–H groups in total. The molecule has 0 spiro atoms. The molecule has 15 heavy (non-hydrogen) atoms. The van der Waals surface area contributed by atoms with Crippen LogP contribution in [0.2, 0.25) is 0 Å². The van der Waals surface area contributed by atoms with E-state index in [4.69, 9.17) is 5.73 Å². The summed E-state index contributed by atoms with van der Waals surface area (Å²) in [4.78, 5) is 26.1. The van der Waals surface area contributed by atoms with Crippen molar-refractivity contribution in [1.29, 1.82) is 0 Å². The third-order valence-electron chi connectivity index (χ3n) is 1.79. The van der Waals surface area contributed by atoms with E-state index in [-0.39, 0.29) is 11.6 Å². The highest BCUT2D eigenvalue weighted by molar-refractivity contribution is 6.01. The average Bonchev–Trinajstić information content (AvgIpc) is 2.18. The van der Waals surface area contributed by atoms with Crippen LogP contribution in [0.15, 0.2) is 18.3 Å². The van der Waals surface area contributed by atoms with Gasteiger partial charge in [0.2, 0.25) is 5.91 Å². The number of pyridine rings is 1. The van der Waals surface area contributed by atoms with Crippen LogP contribution in [0.5, 0.6) is 0 Å². The Balaban J connectivity index is 2.84. The van der Waals surface area contributed by atoms with Crippen molar-refractivity contribution in [3.05, 3.63) is 24.0 Å². The van der Waals surface area contributed by atoms with Crippen LogP contribution in [-0.2, 0) is 4.79 Å². The quantitative estimate of drug-likeness (QED) is 0.769. The molecular weight excluding hydrogens is 194 g/mol. The van der Waals surface area contributed by atoms with Crippen LogP contribution in [0.4, 0.5) is 5.69 Å². The summed E-state index contributed by atoms with van der Waals surface area (Å²) in [6.45, 7) is 1.90. The highest BCUT2D eigenvalue weighted by Gasteiger charge is 2.10. The maximum absolute atomic E-state index is 11.3. The van der Waals surface area contributed by atoms with Gasteiger partial charge < -0.3 is 11.1 Å². The fourth-order valence-corrected chi connectivity index (χ4v) is 1.14. The van der Waals surface area contributed by atoms with Gasteiger partial charge in [-0.2, -0.15) is 0 Å². The van der Waals surface area contributed by atoms with Crippen LogP contribution in [0.3, 0.4) is 0 Å². The molecule has 0 aromatic carbocycles. The van der Waals surface area contributed by atoms with Crippen LogP contribution in [-0.4, -0.2) is 16.8 Å². The maximum atomic E-state index is 11.3. The molecule has 0 fully saturated rings. The van der Waals surface area contributed by atoms with Gasteiger partial charge in [0.25, 0.3) is 5.91 Å². The molecule has 2 amide bonds. The molecule has 1 heterocycles. The third-order valence-corrected chi connectivity index (χ3v) is 1.79. The molecule has 0 unspecified atom stereocenters. The lowest BCUT2D eigenvalue weighted by atomic mass is 10.2. The zero-order chi connectivity index (χ0) is 11.3. The lowest BCUT2D eigenvalue weighted by molar-refractivity contribution is -0.116. The predicted octanol–water partition coefficient (Wildman–Crippen LogP) is 0.919. The number of hydrogen-bond donors (Lipinski definition) is 2. The second-order valence-corrected chi connectivity index (χ2v) is 3.06. The molecule has 0 aliphatic heterocycles. The van der Waals surface area contributed by atoms with Gasteiger partial charge in [0.15, 0.2) is 5.69 Å². The number of nitrogens with zero attached hydrogens (tertiary/aromatic N) is 1. The minimum Gasteiger partial charge on any atom is -0.364 e. The Kier molecular flexibility index (Phi) is 3.79. The molecule has 0 saturated heterocycles. The van der Waals surface area contributed by atoms with Crippen LogP contribution in [0.1, 0.15) is 30.3 Å². The number of anilines is 1. The Labute approximate surface area is 87.7 Å². The van der Waals surface area contributed by atoms with Gasteiger partial charge in [-0.1, -0.05) is 6.92 Å². The molecule has 0 atom stereocenters. The second-order valence-electron chi connectivity index (χ2n) is 3.06. The number of nitrogens with two attached hydrogens (primary N) is 1. The molecule has 80 valence electrons. The van der Waals surface area contributed by atoms with E-state index in [0.717, 1.165) is 6.42 Å². The number of rotatable bonds is 4. The summed E-state index contributed by atoms with van der Waals surface area (Å²) in [7, 11) is 0. The van der Waals surface area contributed by atoms with Crippen molar-refractivity contribution in [1.82, 2.24) is 4.98 Å². The van der Waals surface area contributed by atoms with Gasteiger partial charge in [-0.15, -0.1) is 0 Å². The molecule has 5 heteroatoms. The molecular formula is C10H13N3O2. The summed E-state index contributed by atoms with van der Waals surface area (Å²) >= 11 is 0. The fraction of sp³-hybridized carbons (Fsp3) is 0.300. The Morgan fingerprint density at radius 3 is 2.87 bits per heavy atom. The first-order chi connectivity index (χ1) is 7.15. The number of carbonyl (C=O) groups excluding carboxylic acids is 2. The predicted molar refractivity (Wildman–Crippen MR) is 56.3 cm³/mol. The van der Waals surface area contributed by atoms with Crippen molar-refractivity contribution in [2.75, 3.05) is 5.32 Å². The summed E-state index contributed by atoms with van der Waals surface area (Å²) in [6, 6.07) is 3.23. The molecule has 1 aromatic heterocycles. The molecule has 5 nitrogen and oxygen atoms in total. The SMILES string of the molecule is CCCC(=O)Nc1cccnc1C(N)=O. The normalized spacial score (nSPS) is 9.67. The topological polar surface area (TPSA) is 85.1 Å². The number of hydrogen-bond acceptors (Lipinski definition) is 3. The Morgan fingerprint density at radius 1 is 1.53 bits per heavy atom. The van der Waals surface area contributed by atoms with Gasteiger partial charge in [-0.3, -0.25) is 9.59 Å². The van der Waals surface area contributed by atoms with Crippen LogP contribution < -0.4 is 11.1 Å². The number of primary amides is 1. The maximum Gasteiger partial charge on any atom is 0.269 e. The van der Waals surface area contributed by atoms with Crippen molar-refractivity contribution in [2.24, 2.45) is 5.73 Å². The Morgan fingerprint density at radius 2 is 2.27 bits per heavy atom. The van der Waals surface area contributed by atoms with Crippen LogP contribution in [0, 0.1) is 0 Å². The third kappa shape index (κ3) is 3.05. The first kappa shape index (κ1) is 11.2. The van der Waals surface area contributed by atoms with Gasteiger partial charge in [-0.25, -0.2) is 4.98 Å². The van der Waals surface area contributed by atoms with Crippen molar-refractivity contribution in [3.8, 4) is 0 Å². The van der Waals surface area contributed by atoms with Gasteiger partial charge in [0.05, 0.1) is 5.69 Å². The first-order valence-corrected chi connectivity index (χ1v) is 4.69. The average molecular weight is 207 g/mol. The molecule has 0 bridgehead atoms. The second kappa shape index (κ2) is 5.09. The van der Waals surface area contributed by atoms with Crippen LogP contribution >= 0.6 is 0 Å². The summed E-state index contributed by atoms with van der Waals surface area (Å²) in [5.41, 5.74) is 5.56. The summed E-state index contributed by atoms with van der Waals surface area (Å²) in [6.07, 6.45) is 2.61. The van der Waals surface area contributed by atoms with Crippen molar-refractivity contribution >= 4 is 17.5 Å². The molecule has 0 aliphatic rings.